The molecule has 0 amide bonds. The number of nitrogens with zero attached hydrogens (tertiary/aromatic N) is 9. The standard InChI is InChI=1S/C24H29N7O.C17H15ClN6/c1-15-5-4-6-18-11-19(16(2)29-23-21-22(26-13-25-21)27-14-28-23)30-24(20(15)18)32-12-17-7-9-31(3)10-8-17;1-9-4-3-5-11-6-12(24-15(18)13(9)11)10(2)23-17-14-16(20-7-19-14)21-8-22-17/h4-6,11,13-14,16-17H,7-10,12H2,1-3H3,(H2,25,26,27,28,29);3-8,10H,1-2H3,(H2,19,20,21,22,23)/t16-;10-/m00/s1. The lowest BCUT2D eigenvalue weighted by Crippen LogP contribution is -2.32. The molecule has 8 aromatic rings. The van der Waals surface area contributed by atoms with Gasteiger partial charge >= 0.3 is 0 Å². The number of aryl methyl sites for hydroxylation is 2. The topological polar surface area (TPSA) is 171 Å². The summed E-state index contributed by atoms with van der Waals surface area (Å²) in [5.41, 5.74) is 6.88. The number of anilines is 2. The molecule has 0 unspecified atom stereocenters. The number of aromatic amines is 2. The molecular weight excluding hydrogens is 726 g/mol. The van der Waals surface area contributed by atoms with Crippen LogP contribution in [-0.4, -0.2) is 81.5 Å². The first kappa shape index (κ1) is 37.0. The third-order valence-electron chi connectivity index (χ3n) is 10.4. The summed E-state index contributed by atoms with van der Waals surface area (Å²) in [4.78, 5) is 43.4. The minimum absolute atomic E-state index is 0.0752. The number of piperidine rings is 1. The monoisotopic (exact) mass is 769 g/mol. The summed E-state index contributed by atoms with van der Waals surface area (Å²) < 4.78 is 6.37. The first-order valence-corrected chi connectivity index (χ1v) is 19.2. The second-order valence-corrected chi connectivity index (χ2v) is 14.8. The third kappa shape index (κ3) is 7.75. The molecule has 286 valence electrons. The van der Waals surface area contributed by atoms with E-state index < -0.39 is 0 Å². The third-order valence-corrected chi connectivity index (χ3v) is 10.7. The normalized spacial score (nSPS) is 14.8. The predicted molar refractivity (Wildman–Crippen MR) is 221 cm³/mol. The summed E-state index contributed by atoms with van der Waals surface area (Å²) in [7, 11) is 2.18. The van der Waals surface area contributed by atoms with Crippen LogP contribution in [0.15, 0.2) is 73.8 Å². The molecule has 0 spiro atoms. The number of hydrogen-bond donors (Lipinski definition) is 4. The molecule has 0 radical (unpaired) electrons. The minimum Gasteiger partial charge on any atom is -0.477 e. The highest BCUT2D eigenvalue weighted by molar-refractivity contribution is 6.34. The molecule has 0 saturated carbocycles. The van der Waals surface area contributed by atoms with Crippen molar-refractivity contribution in [1.82, 2.24) is 54.7 Å². The van der Waals surface area contributed by atoms with Gasteiger partial charge in [0, 0.05) is 10.8 Å². The van der Waals surface area contributed by atoms with Crippen molar-refractivity contribution in [3.8, 4) is 5.88 Å². The van der Waals surface area contributed by atoms with Crippen molar-refractivity contribution in [3.63, 3.8) is 0 Å². The van der Waals surface area contributed by atoms with E-state index >= 15 is 0 Å². The highest BCUT2D eigenvalue weighted by Crippen LogP contribution is 2.33. The fourth-order valence-electron chi connectivity index (χ4n) is 7.20. The van der Waals surface area contributed by atoms with Crippen LogP contribution in [0.3, 0.4) is 0 Å². The maximum Gasteiger partial charge on any atom is 0.221 e. The van der Waals surface area contributed by atoms with Crippen LogP contribution < -0.4 is 15.4 Å². The number of fused-ring (bicyclic) bond motifs is 4. The van der Waals surface area contributed by atoms with E-state index in [1.165, 1.54) is 31.1 Å². The van der Waals surface area contributed by atoms with E-state index in [-0.39, 0.29) is 12.1 Å². The van der Waals surface area contributed by atoms with Crippen molar-refractivity contribution in [1.29, 1.82) is 0 Å². The zero-order valence-electron chi connectivity index (χ0n) is 32.0. The van der Waals surface area contributed by atoms with Crippen molar-refractivity contribution in [2.45, 2.75) is 52.6 Å². The molecule has 1 saturated heterocycles. The van der Waals surface area contributed by atoms with Crippen LogP contribution in [0.1, 0.15) is 61.3 Å². The van der Waals surface area contributed by atoms with Gasteiger partial charge in [0.05, 0.1) is 42.7 Å². The zero-order chi connectivity index (χ0) is 38.8. The molecule has 1 aliphatic heterocycles. The number of halogens is 1. The minimum atomic E-state index is -0.0769. The predicted octanol–water partition coefficient (Wildman–Crippen LogP) is 8.14. The number of rotatable bonds is 9. The Balaban J connectivity index is 0.000000164. The van der Waals surface area contributed by atoms with Gasteiger partial charge < -0.3 is 30.2 Å². The van der Waals surface area contributed by atoms with E-state index in [4.69, 9.17) is 21.3 Å². The molecule has 7 heterocycles. The fourth-order valence-corrected chi connectivity index (χ4v) is 7.56. The van der Waals surface area contributed by atoms with Gasteiger partial charge in [-0.2, -0.15) is 0 Å². The Bertz CT molecular complexity index is 2630. The molecule has 6 aromatic heterocycles. The molecule has 0 bridgehead atoms. The Kier molecular flexibility index (Phi) is 10.6. The molecule has 2 aromatic carbocycles. The summed E-state index contributed by atoms with van der Waals surface area (Å²) in [6.07, 6.45) is 8.57. The van der Waals surface area contributed by atoms with Gasteiger partial charge in [-0.15, -0.1) is 0 Å². The molecule has 4 N–H and O–H groups in total. The van der Waals surface area contributed by atoms with E-state index in [1.54, 1.807) is 12.7 Å². The molecule has 14 nitrogen and oxygen atoms in total. The molecule has 15 heteroatoms. The van der Waals surface area contributed by atoms with Gasteiger partial charge in [0.25, 0.3) is 0 Å². The Morgan fingerprint density at radius 2 is 1.29 bits per heavy atom. The quantitative estimate of drug-likeness (QED) is 0.104. The molecular formula is C41H44ClN13O. The number of hydrogen-bond acceptors (Lipinski definition) is 12. The van der Waals surface area contributed by atoms with Crippen LogP contribution in [0.5, 0.6) is 5.88 Å². The maximum absolute atomic E-state index is 6.41. The summed E-state index contributed by atoms with van der Waals surface area (Å²) in [5.74, 6) is 2.69. The van der Waals surface area contributed by atoms with Crippen LogP contribution in [0.25, 0.3) is 43.9 Å². The fraction of sp³-hybridized carbons (Fsp3) is 0.317. The van der Waals surface area contributed by atoms with Crippen LogP contribution in [0.2, 0.25) is 5.15 Å². The largest absolute Gasteiger partial charge is 0.477 e. The van der Waals surface area contributed by atoms with Gasteiger partial charge in [-0.1, -0.05) is 48.0 Å². The number of likely N-dealkylation sites (tertiary alicyclic amines) is 1. The number of H-pyrrole nitrogens is 2. The number of aromatic nitrogens is 10. The molecule has 1 fully saturated rings. The molecule has 0 aliphatic carbocycles. The van der Waals surface area contributed by atoms with Crippen LogP contribution in [-0.2, 0) is 0 Å². The average molecular weight is 770 g/mol. The van der Waals surface area contributed by atoms with Gasteiger partial charge in [-0.25, -0.2) is 39.9 Å². The van der Waals surface area contributed by atoms with E-state index in [2.05, 4.69) is 112 Å². The Labute approximate surface area is 329 Å². The summed E-state index contributed by atoms with van der Waals surface area (Å²) >= 11 is 6.41. The lowest BCUT2D eigenvalue weighted by molar-refractivity contribution is 0.158. The van der Waals surface area contributed by atoms with Crippen molar-refractivity contribution in [3.05, 3.63) is 102 Å². The van der Waals surface area contributed by atoms with Gasteiger partial charge in [0.1, 0.15) is 28.8 Å². The van der Waals surface area contributed by atoms with Crippen molar-refractivity contribution in [2.24, 2.45) is 5.92 Å². The Hall–Kier alpha value is -5.99. The zero-order valence-corrected chi connectivity index (χ0v) is 32.8. The van der Waals surface area contributed by atoms with Crippen LogP contribution in [0, 0.1) is 19.8 Å². The highest BCUT2D eigenvalue weighted by atomic mass is 35.5. The van der Waals surface area contributed by atoms with E-state index in [0.717, 1.165) is 68.5 Å². The van der Waals surface area contributed by atoms with Gasteiger partial charge in [-0.3, -0.25) is 0 Å². The molecule has 2 atom stereocenters. The van der Waals surface area contributed by atoms with E-state index in [9.17, 15) is 0 Å². The molecule has 56 heavy (non-hydrogen) atoms. The van der Waals surface area contributed by atoms with Crippen molar-refractivity contribution in [2.75, 3.05) is 37.4 Å². The Morgan fingerprint density at radius 3 is 1.88 bits per heavy atom. The number of benzene rings is 2. The SMILES string of the molecule is Cc1cccc2cc([C@H](C)Nc3ncnc4nc[nH]c34)nc(Cl)c12.Cc1cccc2cc([C@H](C)Nc3ncnc4nc[nH]c34)nc(OCC3CCN(C)CC3)c12. The second-order valence-electron chi connectivity index (χ2n) is 14.5. The van der Waals surface area contributed by atoms with Crippen molar-refractivity contribution < 1.29 is 4.74 Å². The highest BCUT2D eigenvalue weighted by Gasteiger charge is 2.21. The second kappa shape index (κ2) is 16.0. The average Bonchev–Trinajstić information content (AvgIpc) is 3.89. The van der Waals surface area contributed by atoms with Crippen molar-refractivity contribution >= 4 is 67.1 Å². The lowest BCUT2D eigenvalue weighted by Gasteiger charge is -2.28. The van der Waals surface area contributed by atoms with E-state index in [0.29, 0.717) is 40.6 Å². The van der Waals surface area contributed by atoms with E-state index in [1.807, 2.05) is 32.0 Å². The number of imidazole rings is 2. The summed E-state index contributed by atoms with van der Waals surface area (Å²) in [6.45, 7) is 11.2. The number of pyridine rings is 2. The van der Waals surface area contributed by atoms with Gasteiger partial charge in [-0.05, 0) is 101 Å². The smallest absolute Gasteiger partial charge is 0.221 e. The molecule has 1 aliphatic rings. The number of ether oxygens (including phenoxy) is 1. The summed E-state index contributed by atoms with van der Waals surface area (Å²) in [6, 6.07) is 16.5. The maximum atomic E-state index is 6.41. The first-order chi connectivity index (χ1) is 27.2. The van der Waals surface area contributed by atoms with Crippen LogP contribution in [0.4, 0.5) is 11.6 Å². The lowest BCUT2D eigenvalue weighted by atomic mass is 9.98. The first-order valence-electron chi connectivity index (χ1n) is 18.8. The Morgan fingerprint density at radius 1 is 0.750 bits per heavy atom. The van der Waals surface area contributed by atoms with Gasteiger partial charge in [0.15, 0.2) is 22.9 Å². The number of nitrogens with one attached hydrogen (secondary N) is 4. The van der Waals surface area contributed by atoms with Crippen LogP contribution >= 0.6 is 11.6 Å². The summed E-state index contributed by atoms with van der Waals surface area (Å²) in [5, 5.41) is 11.6. The molecule has 9 rings (SSSR count). The van der Waals surface area contributed by atoms with Gasteiger partial charge in [0.2, 0.25) is 5.88 Å².